The zero-order valence-electron chi connectivity index (χ0n) is 10.8. The highest BCUT2D eigenvalue weighted by Crippen LogP contribution is 2.41. The quantitative estimate of drug-likeness (QED) is 0.798. The smallest absolute Gasteiger partial charge is 0.165 e. The van der Waals surface area contributed by atoms with Crippen LogP contribution in [0.1, 0.15) is 38.5 Å². The average molecular weight is 329 g/mol. The zero-order valence-corrected chi connectivity index (χ0v) is 12.4. The Morgan fingerprint density at radius 3 is 2.89 bits per heavy atom. The molecule has 1 saturated carbocycles. The Bertz CT molecular complexity index is 457. The lowest BCUT2D eigenvalue weighted by Crippen LogP contribution is -2.41. The van der Waals surface area contributed by atoms with Crippen molar-refractivity contribution in [1.82, 2.24) is 0 Å². The van der Waals surface area contributed by atoms with Gasteiger partial charge in [-0.1, -0.05) is 28.8 Å². The van der Waals surface area contributed by atoms with E-state index in [1.807, 2.05) is 0 Å². The Kier molecular flexibility index (Phi) is 3.81. The van der Waals surface area contributed by atoms with E-state index in [1.54, 1.807) is 12.1 Å². The molecule has 0 radical (unpaired) electrons. The molecule has 3 rings (SSSR count). The fourth-order valence-corrected chi connectivity index (χ4v) is 3.54. The summed E-state index contributed by atoms with van der Waals surface area (Å²) in [5.74, 6) is 0.0459. The van der Waals surface area contributed by atoms with Crippen LogP contribution in [0.15, 0.2) is 22.7 Å². The second-order valence-corrected chi connectivity index (χ2v) is 6.46. The normalized spacial score (nSPS) is 25.7. The van der Waals surface area contributed by atoms with Crippen LogP contribution in [0.3, 0.4) is 0 Å². The van der Waals surface area contributed by atoms with E-state index in [4.69, 9.17) is 9.47 Å². The number of ether oxygens (including phenoxy) is 2. The molecular formula is C15H18BrFO2. The summed E-state index contributed by atoms with van der Waals surface area (Å²) in [4.78, 5) is 0. The van der Waals surface area contributed by atoms with Crippen LogP contribution < -0.4 is 4.74 Å². The van der Waals surface area contributed by atoms with Gasteiger partial charge in [-0.05, 0) is 31.0 Å². The van der Waals surface area contributed by atoms with Crippen LogP contribution in [0, 0.1) is 5.82 Å². The summed E-state index contributed by atoms with van der Waals surface area (Å²) in [5.41, 5.74) is 0.00536. The highest BCUT2D eigenvalue weighted by molar-refractivity contribution is 9.10. The van der Waals surface area contributed by atoms with Crippen molar-refractivity contribution in [3.05, 3.63) is 28.5 Å². The Morgan fingerprint density at radius 2 is 2.11 bits per heavy atom. The standard InChI is InChI=1S/C15H18BrFO2/c16-11-3-4-13(17)14(9-11)19-12-5-8-18-15(10-12)6-1-2-7-15/h3-4,9,12H,1-2,5-8,10H2. The maximum absolute atomic E-state index is 13.7. The van der Waals surface area contributed by atoms with Gasteiger partial charge in [-0.25, -0.2) is 4.39 Å². The summed E-state index contributed by atoms with van der Waals surface area (Å²) in [6.45, 7) is 0.723. The number of benzene rings is 1. The topological polar surface area (TPSA) is 18.5 Å². The largest absolute Gasteiger partial charge is 0.487 e. The molecule has 1 aliphatic carbocycles. The molecule has 1 atom stereocenters. The van der Waals surface area contributed by atoms with Crippen molar-refractivity contribution >= 4 is 15.9 Å². The minimum atomic E-state index is -0.296. The number of hydrogen-bond donors (Lipinski definition) is 0. The predicted octanol–water partition coefficient (Wildman–Crippen LogP) is 4.46. The van der Waals surface area contributed by atoms with Crippen LogP contribution in [0.5, 0.6) is 5.75 Å². The first-order valence-electron chi connectivity index (χ1n) is 6.93. The molecule has 2 nitrogen and oxygen atoms in total. The van der Waals surface area contributed by atoms with Gasteiger partial charge in [-0.3, -0.25) is 0 Å². The molecule has 1 saturated heterocycles. The molecule has 104 valence electrons. The molecule has 0 aromatic heterocycles. The summed E-state index contributed by atoms with van der Waals surface area (Å²) in [6, 6.07) is 4.82. The number of rotatable bonds is 2. The molecule has 1 spiro atoms. The van der Waals surface area contributed by atoms with Crippen molar-refractivity contribution in [1.29, 1.82) is 0 Å². The maximum Gasteiger partial charge on any atom is 0.165 e. The second kappa shape index (κ2) is 5.41. The van der Waals surface area contributed by atoms with E-state index >= 15 is 0 Å². The van der Waals surface area contributed by atoms with Crippen molar-refractivity contribution in [2.45, 2.75) is 50.2 Å². The molecule has 19 heavy (non-hydrogen) atoms. The van der Waals surface area contributed by atoms with Gasteiger partial charge in [0.1, 0.15) is 6.10 Å². The third-order valence-electron chi connectivity index (χ3n) is 4.15. The SMILES string of the molecule is Fc1ccc(Br)cc1OC1CCOC2(CCCC2)C1. The van der Waals surface area contributed by atoms with Crippen LogP contribution in [0.25, 0.3) is 0 Å². The molecule has 0 amide bonds. The van der Waals surface area contributed by atoms with Gasteiger partial charge in [0.25, 0.3) is 0 Å². The zero-order chi connectivity index (χ0) is 13.3. The third kappa shape index (κ3) is 2.95. The molecule has 1 heterocycles. The van der Waals surface area contributed by atoms with Gasteiger partial charge in [0.2, 0.25) is 0 Å². The van der Waals surface area contributed by atoms with Crippen molar-refractivity contribution in [2.75, 3.05) is 6.61 Å². The lowest BCUT2D eigenvalue weighted by Gasteiger charge is -2.38. The number of hydrogen-bond acceptors (Lipinski definition) is 2. The fraction of sp³-hybridized carbons (Fsp3) is 0.600. The van der Waals surface area contributed by atoms with Gasteiger partial charge in [-0.15, -0.1) is 0 Å². The van der Waals surface area contributed by atoms with Crippen molar-refractivity contribution in [3.63, 3.8) is 0 Å². The minimum absolute atomic E-state index is 0.00536. The Morgan fingerprint density at radius 1 is 1.32 bits per heavy atom. The monoisotopic (exact) mass is 328 g/mol. The van der Waals surface area contributed by atoms with E-state index in [0.717, 1.165) is 36.8 Å². The molecule has 1 aliphatic heterocycles. The van der Waals surface area contributed by atoms with Crippen LogP contribution in [0.2, 0.25) is 0 Å². The Balaban J connectivity index is 1.70. The summed E-state index contributed by atoms with van der Waals surface area (Å²) in [7, 11) is 0. The number of halogens is 2. The minimum Gasteiger partial charge on any atom is -0.487 e. The van der Waals surface area contributed by atoms with Gasteiger partial charge >= 0.3 is 0 Å². The molecular weight excluding hydrogens is 311 g/mol. The first kappa shape index (κ1) is 13.4. The van der Waals surface area contributed by atoms with Crippen LogP contribution in [0.4, 0.5) is 4.39 Å². The molecule has 1 unspecified atom stereocenters. The van der Waals surface area contributed by atoms with E-state index in [-0.39, 0.29) is 17.5 Å². The highest BCUT2D eigenvalue weighted by atomic mass is 79.9. The van der Waals surface area contributed by atoms with E-state index in [9.17, 15) is 4.39 Å². The van der Waals surface area contributed by atoms with Crippen molar-refractivity contribution < 1.29 is 13.9 Å². The van der Waals surface area contributed by atoms with Crippen molar-refractivity contribution in [2.24, 2.45) is 0 Å². The first-order valence-corrected chi connectivity index (χ1v) is 7.72. The molecule has 1 aromatic carbocycles. The van der Waals surface area contributed by atoms with E-state index in [2.05, 4.69) is 15.9 Å². The van der Waals surface area contributed by atoms with E-state index in [0.29, 0.717) is 5.75 Å². The fourth-order valence-electron chi connectivity index (χ4n) is 3.20. The van der Waals surface area contributed by atoms with E-state index < -0.39 is 0 Å². The molecule has 0 N–H and O–H groups in total. The van der Waals surface area contributed by atoms with Crippen molar-refractivity contribution in [3.8, 4) is 5.75 Å². The van der Waals surface area contributed by atoms with Crippen LogP contribution in [-0.2, 0) is 4.74 Å². The molecule has 1 aromatic rings. The van der Waals surface area contributed by atoms with Gasteiger partial charge in [0.05, 0.1) is 12.2 Å². The first-order chi connectivity index (χ1) is 9.17. The van der Waals surface area contributed by atoms with Crippen LogP contribution >= 0.6 is 15.9 Å². The summed E-state index contributed by atoms with van der Waals surface area (Å²) in [6.07, 6.45) is 6.50. The summed E-state index contributed by atoms with van der Waals surface area (Å²) in [5, 5.41) is 0. The third-order valence-corrected chi connectivity index (χ3v) is 4.64. The Labute approximate surface area is 121 Å². The lowest BCUT2D eigenvalue weighted by atomic mass is 9.90. The summed E-state index contributed by atoms with van der Waals surface area (Å²) >= 11 is 3.35. The van der Waals surface area contributed by atoms with Crippen LogP contribution in [-0.4, -0.2) is 18.3 Å². The van der Waals surface area contributed by atoms with Gasteiger partial charge < -0.3 is 9.47 Å². The predicted molar refractivity (Wildman–Crippen MR) is 74.9 cm³/mol. The average Bonchev–Trinajstić information content (AvgIpc) is 2.82. The van der Waals surface area contributed by atoms with Gasteiger partial charge in [0, 0.05) is 17.3 Å². The summed E-state index contributed by atoms with van der Waals surface area (Å²) < 4.78 is 26.4. The molecule has 4 heteroatoms. The van der Waals surface area contributed by atoms with Gasteiger partial charge in [0.15, 0.2) is 11.6 Å². The lowest BCUT2D eigenvalue weighted by molar-refractivity contribution is -0.108. The van der Waals surface area contributed by atoms with E-state index in [1.165, 1.54) is 18.9 Å². The maximum atomic E-state index is 13.7. The Hall–Kier alpha value is -0.610. The van der Waals surface area contributed by atoms with Gasteiger partial charge in [-0.2, -0.15) is 0 Å². The second-order valence-electron chi connectivity index (χ2n) is 5.55. The highest BCUT2D eigenvalue weighted by Gasteiger charge is 2.40. The molecule has 0 bridgehead atoms. The molecule has 2 aliphatic rings. The molecule has 2 fully saturated rings.